The number of fused-ring (bicyclic) bond motifs is 1. The van der Waals surface area contributed by atoms with Crippen molar-refractivity contribution in [3.8, 4) is 0 Å². The summed E-state index contributed by atoms with van der Waals surface area (Å²) in [6, 6.07) is 1.81. The zero-order valence-electron chi connectivity index (χ0n) is 8.44. The van der Waals surface area contributed by atoms with Crippen LogP contribution in [0, 0.1) is 0 Å². The van der Waals surface area contributed by atoms with Crippen LogP contribution in [0.25, 0.3) is 11.2 Å². The van der Waals surface area contributed by atoms with E-state index in [-0.39, 0.29) is 0 Å². The Labute approximate surface area is 87.5 Å². The van der Waals surface area contributed by atoms with E-state index >= 15 is 0 Å². The molecule has 15 heavy (non-hydrogen) atoms. The Morgan fingerprint density at radius 3 is 2.93 bits per heavy atom. The van der Waals surface area contributed by atoms with E-state index in [1.54, 1.807) is 6.20 Å². The van der Waals surface area contributed by atoms with Crippen molar-refractivity contribution in [2.24, 2.45) is 0 Å². The van der Waals surface area contributed by atoms with Crippen molar-refractivity contribution >= 4 is 16.9 Å². The lowest BCUT2D eigenvalue weighted by Crippen LogP contribution is -1.91. The largest absolute Gasteiger partial charge is 0.422 e. The van der Waals surface area contributed by atoms with Crippen molar-refractivity contribution in [3.63, 3.8) is 0 Å². The molecule has 1 saturated carbocycles. The van der Waals surface area contributed by atoms with Crippen molar-refractivity contribution < 1.29 is 4.42 Å². The number of nitrogens with two attached hydrogens (primary N) is 1. The van der Waals surface area contributed by atoms with Crippen LogP contribution in [0.1, 0.15) is 37.5 Å². The van der Waals surface area contributed by atoms with Crippen molar-refractivity contribution in [2.75, 3.05) is 5.73 Å². The summed E-state index contributed by atoms with van der Waals surface area (Å²) in [4.78, 5) is 8.57. The number of hydrogen-bond donors (Lipinski definition) is 1. The summed E-state index contributed by atoms with van der Waals surface area (Å²) in [6.07, 6.45) is 6.52. The molecule has 2 aromatic heterocycles. The number of nitrogen functional groups attached to an aromatic ring is 1. The molecular weight excluding hydrogens is 190 g/mol. The monoisotopic (exact) mass is 203 g/mol. The molecule has 2 heterocycles. The predicted molar refractivity (Wildman–Crippen MR) is 57.4 cm³/mol. The highest BCUT2D eigenvalue weighted by Crippen LogP contribution is 2.34. The quantitative estimate of drug-likeness (QED) is 0.773. The van der Waals surface area contributed by atoms with Crippen LogP contribution in [0.2, 0.25) is 0 Å². The molecule has 0 saturated heterocycles. The first-order valence-corrected chi connectivity index (χ1v) is 5.35. The van der Waals surface area contributed by atoms with E-state index in [4.69, 9.17) is 10.2 Å². The van der Waals surface area contributed by atoms with Gasteiger partial charge in [0, 0.05) is 5.92 Å². The molecule has 0 bridgehead atoms. The van der Waals surface area contributed by atoms with E-state index in [2.05, 4.69) is 9.97 Å². The average Bonchev–Trinajstić information content (AvgIpc) is 2.84. The molecule has 4 heteroatoms. The van der Waals surface area contributed by atoms with Gasteiger partial charge in [-0.05, 0) is 18.9 Å². The van der Waals surface area contributed by atoms with Gasteiger partial charge in [0.05, 0.1) is 11.9 Å². The van der Waals surface area contributed by atoms with Crippen molar-refractivity contribution in [3.05, 3.63) is 18.2 Å². The van der Waals surface area contributed by atoms with Gasteiger partial charge in [-0.3, -0.25) is 0 Å². The second kappa shape index (κ2) is 3.22. The Bertz CT molecular complexity index is 486. The number of aromatic nitrogens is 2. The minimum Gasteiger partial charge on any atom is -0.422 e. The number of anilines is 1. The highest BCUT2D eigenvalue weighted by molar-refractivity contribution is 5.71. The van der Waals surface area contributed by atoms with Gasteiger partial charge in [0.1, 0.15) is 5.52 Å². The zero-order chi connectivity index (χ0) is 10.3. The van der Waals surface area contributed by atoms with Gasteiger partial charge in [0.2, 0.25) is 11.6 Å². The molecule has 0 aromatic carbocycles. The van der Waals surface area contributed by atoms with Gasteiger partial charge < -0.3 is 10.2 Å². The summed E-state index contributed by atoms with van der Waals surface area (Å²) in [5.74, 6) is 1.32. The molecule has 2 aromatic rings. The van der Waals surface area contributed by atoms with Gasteiger partial charge in [-0.25, -0.2) is 9.97 Å². The fraction of sp³-hybridized carbons (Fsp3) is 0.455. The normalized spacial score (nSPS) is 17.6. The van der Waals surface area contributed by atoms with Gasteiger partial charge in [-0.2, -0.15) is 0 Å². The smallest absolute Gasteiger partial charge is 0.247 e. The second-order valence-electron chi connectivity index (χ2n) is 4.13. The molecule has 0 spiro atoms. The van der Waals surface area contributed by atoms with Crippen molar-refractivity contribution in [1.29, 1.82) is 0 Å². The molecule has 1 aliphatic carbocycles. The molecular formula is C11H13N3O. The Morgan fingerprint density at radius 1 is 1.33 bits per heavy atom. The lowest BCUT2D eigenvalue weighted by Gasteiger charge is -2.00. The Morgan fingerprint density at radius 2 is 2.13 bits per heavy atom. The fourth-order valence-electron chi connectivity index (χ4n) is 2.20. The van der Waals surface area contributed by atoms with E-state index in [1.807, 2.05) is 6.07 Å². The summed E-state index contributed by atoms with van der Waals surface area (Å²) < 4.78 is 5.63. The van der Waals surface area contributed by atoms with Crippen LogP contribution >= 0.6 is 0 Å². The summed E-state index contributed by atoms with van der Waals surface area (Å²) in [5.41, 5.74) is 7.65. The lowest BCUT2D eigenvalue weighted by molar-refractivity contribution is 0.469. The maximum absolute atomic E-state index is 5.64. The highest BCUT2D eigenvalue weighted by Gasteiger charge is 2.22. The van der Waals surface area contributed by atoms with Crippen LogP contribution in [0.4, 0.5) is 5.69 Å². The van der Waals surface area contributed by atoms with Gasteiger partial charge >= 0.3 is 0 Å². The van der Waals surface area contributed by atoms with Gasteiger partial charge in [0.15, 0.2) is 0 Å². The zero-order valence-corrected chi connectivity index (χ0v) is 8.44. The number of pyridine rings is 1. The molecule has 0 amide bonds. The van der Waals surface area contributed by atoms with Crippen LogP contribution in [0.5, 0.6) is 0 Å². The van der Waals surface area contributed by atoms with E-state index in [0.29, 0.717) is 17.3 Å². The van der Waals surface area contributed by atoms with Crippen molar-refractivity contribution in [1.82, 2.24) is 9.97 Å². The molecule has 0 aliphatic heterocycles. The molecule has 4 nitrogen and oxygen atoms in total. The molecule has 3 rings (SSSR count). The lowest BCUT2D eigenvalue weighted by atomic mass is 10.1. The molecule has 0 radical (unpaired) electrons. The number of nitrogens with zero attached hydrogens (tertiary/aromatic N) is 2. The number of rotatable bonds is 1. The van der Waals surface area contributed by atoms with Crippen LogP contribution in [-0.4, -0.2) is 9.97 Å². The summed E-state index contributed by atoms with van der Waals surface area (Å²) in [6.45, 7) is 0. The third-order valence-electron chi connectivity index (χ3n) is 2.99. The first-order valence-electron chi connectivity index (χ1n) is 5.35. The molecule has 78 valence electrons. The number of oxazole rings is 1. The third kappa shape index (κ3) is 1.46. The minimum absolute atomic E-state index is 0.487. The van der Waals surface area contributed by atoms with Crippen LogP contribution in [-0.2, 0) is 0 Å². The standard InChI is InChI=1S/C11H13N3O/c12-8-5-9-11(13-6-8)15-10(14-9)7-3-1-2-4-7/h5-7H,1-4,12H2. The van der Waals surface area contributed by atoms with Crippen LogP contribution < -0.4 is 5.73 Å². The molecule has 1 fully saturated rings. The Balaban J connectivity index is 2.05. The van der Waals surface area contributed by atoms with Gasteiger partial charge in [0.25, 0.3) is 0 Å². The first-order chi connectivity index (χ1) is 7.33. The molecule has 0 unspecified atom stereocenters. The SMILES string of the molecule is Nc1cnc2oc(C3CCCC3)nc2c1. The summed E-state index contributed by atoms with van der Waals surface area (Å²) in [7, 11) is 0. The van der Waals surface area contributed by atoms with E-state index in [9.17, 15) is 0 Å². The van der Waals surface area contributed by atoms with Gasteiger partial charge in [-0.15, -0.1) is 0 Å². The van der Waals surface area contributed by atoms with Crippen LogP contribution in [0.3, 0.4) is 0 Å². The fourth-order valence-corrected chi connectivity index (χ4v) is 2.20. The van der Waals surface area contributed by atoms with E-state index in [0.717, 1.165) is 11.4 Å². The highest BCUT2D eigenvalue weighted by atomic mass is 16.4. The second-order valence-corrected chi connectivity index (χ2v) is 4.13. The molecule has 0 atom stereocenters. The summed E-state index contributed by atoms with van der Waals surface area (Å²) in [5, 5.41) is 0. The third-order valence-corrected chi connectivity index (χ3v) is 2.99. The first kappa shape index (κ1) is 8.71. The maximum Gasteiger partial charge on any atom is 0.247 e. The van der Waals surface area contributed by atoms with Gasteiger partial charge in [-0.1, -0.05) is 12.8 Å². The average molecular weight is 203 g/mol. The summed E-state index contributed by atoms with van der Waals surface area (Å²) >= 11 is 0. The minimum atomic E-state index is 0.487. The van der Waals surface area contributed by atoms with E-state index < -0.39 is 0 Å². The number of hydrogen-bond acceptors (Lipinski definition) is 4. The Kier molecular flexibility index (Phi) is 1.87. The molecule has 1 aliphatic rings. The topological polar surface area (TPSA) is 64.9 Å². The van der Waals surface area contributed by atoms with E-state index in [1.165, 1.54) is 25.7 Å². The Hall–Kier alpha value is -1.58. The predicted octanol–water partition coefficient (Wildman–Crippen LogP) is 2.46. The molecule has 2 N–H and O–H groups in total. The maximum atomic E-state index is 5.64. The van der Waals surface area contributed by atoms with Crippen molar-refractivity contribution in [2.45, 2.75) is 31.6 Å². The van der Waals surface area contributed by atoms with Crippen LogP contribution in [0.15, 0.2) is 16.7 Å².